The van der Waals surface area contributed by atoms with Gasteiger partial charge in [-0.05, 0) is 41.2 Å². The van der Waals surface area contributed by atoms with Gasteiger partial charge in [-0.2, -0.15) is 5.10 Å². The van der Waals surface area contributed by atoms with E-state index in [1.807, 2.05) is 42.5 Å². The molecule has 0 bridgehead atoms. The molecule has 4 nitrogen and oxygen atoms in total. The van der Waals surface area contributed by atoms with E-state index in [1.54, 1.807) is 6.21 Å². The van der Waals surface area contributed by atoms with Crippen LogP contribution in [-0.4, -0.2) is 18.7 Å². The van der Waals surface area contributed by atoms with E-state index in [1.165, 1.54) is 5.56 Å². The van der Waals surface area contributed by atoms with Crippen molar-refractivity contribution >= 4 is 28.1 Å². The third kappa shape index (κ3) is 5.99. The molecule has 0 aromatic heterocycles. The number of aryl methyl sites for hydroxylation is 1. The molecule has 2 aromatic carbocycles. The minimum atomic E-state index is -0.297. The molecule has 5 heteroatoms. The molecule has 0 spiro atoms. The van der Waals surface area contributed by atoms with Gasteiger partial charge in [0.1, 0.15) is 5.75 Å². The minimum Gasteiger partial charge on any atom is -0.483 e. The number of hydrazone groups is 1. The predicted molar refractivity (Wildman–Crippen MR) is 110 cm³/mol. The zero-order valence-electron chi connectivity index (χ0n) is 15.7. The minimum absolute atomic E-state index is 0.0849. The summed E-state index contributed by atoms with van der Waals surface area (Å²) in [7, 11) is 0. The number of halogens is 1. The van der Waals surface area contributed by atoms with E-state index >= 15 is 0 Å². The zero-order chi connectivity index (χ0) is 19.2. The molecule has 1 N–H and O–H groups in total. The topological polar surface area (TPSA) is 50.7 Å². The molecule has 2 rings (SSSR count). The first-order valence-corrected chi connectivity index (χ1v) is 9.42. The second-order valence-electron chi connectivity index (χ2n) is 7.07. The Hall–Kier alpha value is -2.14. The quantitative estimate of drug-likeness (QED) is 0.540. The lowest BCUT2D eigenvalue weighted by molar-refractivity contribution is -0.123. The van der Waals surface area contributed by atoms with Crippen molar-refractivity contribution in [2.75, 3.05) is 6.61 Å². The molecule has 0 aliphatic rings. The number of carbonyl (C=O) groups is 1. The summed E-state index contributed by atoms with van der Waals surface area (Å²) in [6.07, 6.45) is 2.62. The Kier molecular flexibility index (Phi) is 6.98. The maximum Gasteiger partial charge on any atom is 0.277 e. The van der Waals surface area contributed by atoms with Crippen LogP contribution in [0.25, 0.3) is 0 Å². The highest BCUT2D eigenvalue weighted by Crippen LogP contribution is 2.33. The SMILES string of the molecule is CCc1ccc(/C=N/NC(=O)COc2ccc(Br)cc2C(C)(C)C)cc1. The molecule has 2 aromatic rings. The molecule has 0 saturated carbocycles. The summed E-state index contributed by atoms with van der Waals surface area (Å²) in [5.41, 5.74) is 5.66. The van der Waals surface area contributed by atoms with Crippen molar-refractivity contribution in [3.8, 4) is 5.75 Å². The summed E-state index contributed by atoms with van der Waals surface area (Å²) in [4.78, 5) is 12.0. The number of amides is 1. The molecule has 0 aliphatic heterocycles. The summed E-state index contributed by atoms with van der Waals surface area (Å²) in [6, 6.07) is 13.8. The van der Waals surface area contributed by atoms with E-state index in [9.17, 15) is 4.79 Å². The summed E-state index contributed by atoms with van der Waals surface area (Å²) in [5.74, 6) is 0.407. The summed E-state index contributed by atoms with van der Waals surface area (Å²) < 4.78 is 6.69. The molecule has 0 aliphatic carbocycles. The number of ether oxygens (including phenoxy) is 1. The van der Waals surface area contributed by atoms with Gasteiger partial charge in [-0.25, -0.2) is 5.43 Å². The fraction of sp³-hybridized carbons (Fsp3) is 0.333. The largest absolute Gasteiger partial charge is 0.483 e. The summed E-state index contributed by atoms with van der Waals surface area (Å²) >= 11 is 3.48. The van der Waals surface area contributed by atoms with E-state index in [4.69, 9.17) is 4.74 Å². The number of benzene rings is 2. The predicted octanol–water partition coefficient (Wildman–Crippen LogP) is 4.84. The van der Waals surface area contributed by atoms with Gasteiger partial charge in [-0.15, -0.1) is 0 Å². The van der Waals surface area contributed by atoms with Gasteiger partial charge >= 0.3 is 0 Å². The normalized spacial score (nSPS) is 11.6. The lowest BCUT2D eigenvalue weighted by Crippen LogP contribution is -2.25. The van der Waals surface area contributed by atoms with Crippen LogP contribution in [0.3, 0.4) is 0 Å². The van der Waals surface area contributed by atoms with E-state index < -0.39 is 0 Å². The van der Waals surface area contributed by atoms with Crippen molar-refractivity contribution in [1.82, 2.24) is 5.43 Å². The van der Waals surface area contributed by atoms with Crippen molar-refractivity contribution in [2.45, 2.75) is 39.5 Å². The molecule has 0 heterocycles. The van der Waals surface area contributed by atoms with Crippen LogP contribution in [0.4, 0.5) is 0 Å². The average Bonchev–Trinajstić information content (AvgIpc) is 2.60. The van der Waals surface area contributed by atoms with Crippen molar-refractivity contribution in [3.63, 3.8) is 0 Å². The molecule has 0 radical (unpaired) electrons. The standard InChI is InChI=1S/C21H25BrN2O2/c1-5-15-6-8-16(9-7-15)13-23-24-20(25)14-26-19-11-10-17(22)12-18(19)21(2,3)4/h6-13H,5,14H2,1-4H3,(H,24,25)/b23-13+. The highest BCUT2D eigenvalue weighted by atomic mass is 79.9. The van der Waals surface area contributed by atoms with Crippen molar-refractivity contribution < 1.29 is 9.53 Å². The number of nitrogens with one attached hydrogen (secondary N) is 1. The van der Waals surface area contributed by atoms with Crippen LogP contribution in [0.15, 0.2) is 52.0 Å². The summed E-state index contributed by atoms with van der Waals surface area (Å²) in [5, 5.41) is 3.98. The Balaban J connectivity index is 1.91. The number of hydrogen-bond acceptors (Lipinski definition) is 3. The third-order valence-electron chi connectivity index (χ3n) is 3.90. The Bertz CT molecular complexity index is 778. The van der Waals surface area contributed by atoms with Gasteiger partial charge in [0.2, 0.25) is 0 Å². The molecule has 1 amide bonds. The first-order chi connectivity index (χ1) is 12.3. The first kappa shape index (κ1) is 20.2. The third-order valence-corrected chi connectivity index (χ3v) is 4.39. The fourth-order valence-electron chi connectivity index (χ4n) is 2.41. The fourth-order valence-corrected chi connectivity index (χ4v) is 2.77. The van der Waals surface area contributed by atoms with Crippen molar-refractivity contribution in [1.29, 1.82) is 0 Å². The number of nitrogens with zero attached hydrogens (tertiary/aromatic N) is 1. The van der Waals surface area contributed by atoms with Gasteiger partial charge in [-0.1, -0.05) is 67.9 Å². The van der Waals surface area contributed by atoms with Gasteiger partial charge in [0.15, 0.2) is 6.61 Å². The Morgan fingerprint density at radius 3 is 2.50 bits per heavy atom. The smallest absolute Gasteiger partial charge is 0.277 e. The Morgan fingerprint density at radius 2 is 1.88 bits per heavy atom. The lowest BCUT2D eigenvalue weighted by Gasteiger charge is -2.23. The molecule has 26 heavy (non-hydrogen) atoms. The second-order valence-corrected chi connectivity index (χ2v) is 7.98. The second kappa shape index (κ2) is 8.99. The van der Waals surface area contributed by atoms with Gasteiger partial charge < -0.3 is 4.74 Å². The summed E-state index contributed by atoms with van der Waals surface area (Å²) in [6.45, 7) is 8.35. The molecule has 0 unspecified atom stereocenters. The van der Waals surface area contributed by atoms with Gasteiger partial charge in [-0.3, -0.25) is 4.79 Å². The van der Waals surface area contributed by atoms with Crippen LogP contribution in [0.5, 0.6) is 5.75 Å². The van der Waals surface area contributed by atoms with Gasteiger partial charge in [0.25, 0.3) is 5.91 Å². The van der Waals surface area contributed by atoms with E-state index in [-0.39, 0.29) is 17.9 Å². The number of carbonyl (C=O) groups excluding carboxylic acids is 1. The monoisotopic (exact) mass is 416 g/mol. The maximum absolute atomic E-state index is 12.0. The highest BCUT2D eigenvalue weighted by molar-refractivity contribution is 9.10. The molecular formula is C21H25BrN2O2. The zero-order valence-corrected chi connectivity index (χ0v) is 17.3. The lowest BCUT2D eigenvalue weighted by atomic mass is 9.86. The number of rotatable bonds is 6. The van der Waals surface area contributed by atoms with E-state index in [0.29, 0.717) is 5.75 Å². The van der Waals surface area contributed by atoms with Crippen LogP contribution in [0.1, 0.15) is 44.4 Å². The van der Waals surface area contributed by atoms with Gasteiger partial charge in [0, 0.05) is 10.0 Å². The van der Waals surface area contributed by atoms with Crippen LogP contribution in [-0.2, 0) is 16.6 Å². The van der Waals surface area contributed by atoms with E-state index in [0.717, 1.165) is 22.0 Å². The molecule has 0 fully saturated rings. The first-order valence-electron chi connectivity index (χ1n) is 8.63. The molecule has 0 atom stereocenters. The maximum atomic E-state index is 12.0. The van der Waals surface area contributed by atoms with Crippen molar-refractivity contribution in [3.05, 3.63) is 63.6 Å². The van der Waals surface area contributed by atoms with Crippen LogP contribution < -0.4 is 10.2 Å². The average molecular weight is 417 g/mol. The highest BCUT2D eigenvalue weighted by Gasteiger charge is 2.19. The Labute approximate surface area is 163 Å². The van der Waals surface area contributed by atoms with Crippen LogP contribution in [0.2, 0.25) is 0 Å². The van der Waals surface area contributed by atoms with Crippen LogP contribution in [0, 0.1) is 0 Å². The number of hydrogen-bond donors (Lipinski definition) is 1. The van der Waals surface area contributed by atoms with E-state index in [2.05, 4.69) is 54.2 Å². The van der Waals surface area contributed by atoms with Crippen molar-refractivity contribution in [2.24, 2.45) is 5.10 Å². The van der Waals surface area contributed by atoms with Crippen LogP contribution >= 0.6 is 15.9 Å². The Morgan fingerprint density at radius 1 is 1.19 bits per heavy atom. The molecule has 0 saturated heterocycles. The van der Waals surface area contributed by atoms with Gasteiger partial charge in [0.05, 0.1) is 6.21 Å². The molecule has 138 valence electrons. The molecular weight excluding hydrogens is 392 g/mol.